The second-order valence-corrected chi connectivity index (χ2v) is 5.57. The summed E-state index contributed by atoms with van der Waals surface area (Å²) in [5.74, 6) is 0.546. The van der Waals surface area contributed by atoms with Gasteiger partial charge in [0.25, 0.3) is 0 Å². The van der Waals surface area contributed by atoms with E-state index in [0.717, 1.165) is 15.6 Å². The number of hydrogen-bond donors (Lipinski definition) is 0. The first-order chi connectivity index (χ1) is 8.20. The third kappa shape index (κ3) is 3.09. The summed E-state index contributed by atoms with van der Waals surface area (Å²) in [7, 11) is 0. The van der Waals surface area contributed by atoms with Crippen LogP contribution in [0.25, 0.3) is 0 Å². The van der Waals surface area contributed by atoms with Crippen LogP contribution >= 0.6 is 38.9 Å². The smallest absolute Gasteiger partial charge is 0.153 e. The van der Waals surface area contributed by atoms with Crippen LogP contribution < -0.4 is 4.74 Å². The number of benzene rings is 1. The number of carbonyl (C=O) groups is 1. The topological polar surface area (TPSA) is 26.3 Å². The summed E-state index contributed by atoms with van der Waals surface area (Å²) in [6, 6.07) is 6.96. The van der Waals surface area contributed by atoms with Crippen LogP contribution in [0.3, 0.4) is 0 Å². The number of rotatable bonds is 4. The zero-order chi connectivity index (χ0) is 12.3. The molecule has 0 N–H and O–H groups in total. The van der Waals surface area contributed by atoms with Crippen LogP contribution in [-0.4, -0.2) is 6.29 Å². The Morgan fingerprint density at radius 2 is 2.24 bits per heavy atom. The van der Waals surface area contributed by atoms with Gasteiger partial charge in [-0.25, -0.2) is 0 Å². The van der Waals surface area contributed by atoms with Gasteiger partial charge in [-0.2, -0.15) is 0 Å². The standard InChI is InChI=1S/C12H8BrClO2S/c13-10-3-4-17-12(10)7-16-11-2-1-9(14)5-8(11)6-15/h1-6H,7H2. The van der Waals surface area contributed by atoms with Crippen molar-refractivity contribution in [1.29, 1.82) is 0 Å². The largest absolute Gasteiger partial charge is 0.487 e. The van der Waals surface area contributed by atoms with Gasteiger partial charge in [0.1, 0.15) is 12.4 Å². The van der Waals surface area contributed by atoms with Crippen molar-refractivity contribution in [3.05, 3.63) is 49.6 Å². The number of ether oxygens (including phenoxy) is 1. The molecule has 1 heterocycles. The Morgan fingerprint density at radius 3 is 2.88 bits per heavy atom. The highest BCUT2D eigenvalue weighted by Gasteiger charge is 2.06. The molecule has 0 atom stereocenters. The van der Waals surface area contributed by atoms with Crippen molar-refractivity contribution in [3.63, 3.8) is 0 Å². The highest BCUT2D eigenvalue weighted by atomic mass is 79.9. The summed E-state index contributed by atoms with van der Waals surface area (Å²) < 4.78 is 6.62. The highest BCUT2D eigenvalue weighted by Crippen LogP contribution is 2.26. The Bertz CT molecular complexity index is 539. The third-order valence-electron chi connectivity index (χ3n) is 2.15. The molecule has 0 saturated heterocycles. The van der Waals surface area contributed by atoms with Crippen LogP contribution in [0, 0.1) is 0 Å². The highest BCUT2D eigenvalue weighted by molar-refractivity contribution is 9.10. The summed E-state index contributed by atoms with van der Waals surface area (Å²) >= 11 is 10.8. The van der Waals surface area contributed by atoms with E-state index in [1.807, 2.05) is 11.4 Å². The number of hydrogen-bond acceptors (Lipinski definition) is 3. The molecule has 0 aliphatic carbocycles. The normalized spacial score (nSPS) is 10.2. The maximum absolute atomic E-state index is 10.9. The number of carbonyl (C=O) groups excluding carboxylic acids is 1. The van der Waals surface area contributed by atoms with E-state index in [2.05, 4.69) is 15.9 Å². The van der Waals surface area contributed by atoms with Gasteiger partial charge in [-0.1, -0.05) is 11.6 Å². The Labute approximate surface area is 116 Å². The minimum absolute atomic E-state index is 0.431. The Balaban J connectivity index is 2.14. The van der Waals surface area contributed by atoms with E-state index >= 15 is 0 Å². The van der Waals surface area contributed by atoms with E-state index in [1.54, 1.807) is 29.5 Å². The molecule has 17 heavy (non-hydrogen) atoms. The van der Waals surface area contributed by atoms with Gasteiger partial charge in [-0.05, 0) is 45.6 Å². The van der Waals surface area contributed by atoms with Crippen molar-refractivity contribution < 1.29 is 9.53 Å². The molecule has 0 aliphatic heterocycles. The second kappa shape index (κ2) is 5.67. The molecule has 0 fully saturated rings. The van der Waals surface area contributed by atoms with Gasteiger partial charge in [0.2, 0.25) is 0 Å². The molecule has 1 aromatic carbocycles. The van der Waals surface area contributed by atoms with Crippen molar-refractivity contribution in [2.75, 3.05) is 0 Å². The molecule has 88 valence electrons. The van der Waals surface area contributed by atoms with Crippen molar-refractivity contribution in [3.8, 4) is 5.75 Å². The zero-order valence-electron chi connectivity index (χ0n) is 8.65. The molecular weight excluding hydrogens is 324 g/mol. The van der Waals surface area contributed by atoms with Crippen LogP contribution in [-0.2, 0) is 6.61 Å². The molecule has 0 unspecified atom stereocenters. The van der Waals surface area contributed by atoms with Crippen molar-refractivity contribution in [1.82, 2.24) is 0 Å². The van der Waals surface area contributed by atoms with Crippen molar-refractivity contribution in [2.45, 2.75) is 6.61 Å². The number of halogens is 2. The summed E-state index contributed by atoms with van der Waals surface area (Å²) in [5, 5.41) is 2.50. The van der Waals surface area contributed by atoms with Gasteiger partial charge in [0, 0.05) is 9.50 Å². The summed E-state index contributed by atoms with van der Waals surface area (Å²) in [6.45, 7) is 0.431. The molecule has 0 bridgehead atoms. The minimum Gasteiger partial charge on any atom is -0.487 e. The maximum Gasteiger partial charge on any atom is 0.153 e. The van der Waals surface area contributed by atoms with E-state index in [9.17, 15) is 4.79 Å². The van der Waals surface area contributed by atoms with Gasteiger partial charge >= 0.3 is 0 Å². The van der Waals surface area contributed by atoms with Crippen molar-refractivity contribution >= 4 is 45.2 Å². The first kappa shape index (κ1) is 12.6. The van der Waals surface area contributed by atoms with Crippen LogP contribution in [0.2, 0.25) is 5.02 Å². The summed E-state index contributed by atoms with van der Waals surface area (Å²) in [6.07, 6.45) is 0.741. The molecule has 0 spiro atoms. The van der Waals surface area contributed by atoms with Crippen LogP contribution in [0.4, 0.5) is 0 Å². The first-order valence-corrected chi connectivity index (χ1v) is 6.85. The fraction of sp³-hybridized carbons (Fsp3) is 0.0833. The van der Waals surface area contributed by atoms with E-state index in [1.165, 1.54) is 0 Å². The van der Waals surface area contributed by atoms with Gasteiger partial charge in [-0.15, -0.1) is 11.3 Å². The molecule has 1 aromatic heterocycles. The SMILES string of the molecule is O=Cc1cc(Cl)ccc1OCc1sccc1Br. The Kier molecular flexibility index (Phi) is 4.20. The fourth-order valence-electron chi connectivity index (χ4n) is 1.31. The van der Waals surface area contributed by atoms with Gasteiger partial charge in [0.15, 0.2) is 6.29 Å². The average molecular weight is 332 g/mol. The van der Waals surface area contributed by atoms with Crippen molar-refractivity contribution in [2.24, 2.45) is 0 Å². The minimum atomic E-state index is 0.431. The van der Waals surface area contributed by atoms with E-state index in [0.29, 0.717) is 22.9 Å². The predicted octanol–water partition coefficient (Wildman–Crippen LogP) is 4.56. The van der Waals surface area contributed by atoms with Crippen LogP contribution in [0.1, 0.15) is 15.2 Å². The lowest BCUT2D eigenvalue weighted by molar-refractivity contribution is 0.111. The lowest BCUT2D eigenvalue weighted by Crippen LogP contribution is -1.97. The molecule has 0 aliphatic rings. The lowest BCUT2D eigenvalue weighted by atomic mass is 10.2. The Hall–Kier alpha value is -0.840. The third-order valence-corrected chi connectivity index (χ3v) is 4.28. The Morgan fingerprint density at radius 1 is 1.41 bits per heavy atom. The predicted molar refractivity (Wildman–Crippen MR) is 73.2 cm³/mol. The molecular formula is C12H8BrClO2S. The number of thiophene rings is 1. The molecule has 0 saturated carbocycles. The lowest BCUT2D eigenvalue weighted by Gasteiger charge is -2.07. The van der Waals surface area contributed by atoms with Crippen LogP contribution in [0.15, 0.2) is 34.1 Å². The van der Waals surface area contributed by atoms with E-state index in [-0.39, 0.29) is 0 Å². The van der Waals surface area contributed by atoms with Gasteiger partial charge in [0.05, 0.1) is 10.4 Å². The quantitative estimate of drug-likeness (QED) is 0.768. The first-order valence-electron chi connectivity index (χ1n) is 4.80. The fourth-order valence-corrected chi connectivity index (χ4v) is 2.87. The molecule has 2 aromatic rings. The monoisotopic (exact) mass is 330 g/mol. The molecule has 0 radical (unpaired) electrons. The molecule has 0 amide bonds. The molecule has 5 heteroatoms. The molecule has 2 nitrogen and oxygen atoms in total. The van der Waals surface area contributed by atoms with Crippen LogP contribution in [0.5, 0.6) is 5.75 Å². The number of aldehydes is 1. The van der Waals surface area contributed by atoms with Gasteiger partial charge in [-0.3, -0.25) is 4.79 Å². The molecule has 2 rings (SSSR count). The van der Waals surface area contributed by atoms with Gasteiger partial charge < -0.3 is 4.74 Å². The van der Waals surface area contributed by atoms with E-state index in [4.69, 9.17) is 16.3 Å². The second-order valence-electron chi connectivity index (χ2n) is 3.28. The maximum atomic E-state index is 10.9. The average Bonchev–Trinajstić information content (AvgIpc) is 2.73. The zero-order valence-corrected chi connectivity index (χ0v) is 11.8. The summed E-state index contributed by atoms with van der Waals surface area (Å²) in [4.78, 5) is 11.9. The summed E-state index contributed by atoms with van der Waals surface area (Å²) in [5.41, 5.74) is 0.463. The van der Waals surface area contributed by atoms with E-state index < -0.39 is 0 Å².